The summed E-state index contributed by atoms with van der Waals surface area (Å²) in [5.74, 6) is -0.937. The molecule has 2 aliphatic heterocycles. The van der Waals surface area contributed by atoms with E-state index >= 15 is 0 Å². The highest BCUT2D eigenvalue weighted by Gasteiger charge is 2.25. The van der Waals surface area contributed by atoms with Gasteiger partial charge in [-0.2, -0.15) is 0 Å². The van der Waals surface area contributed by atoms with Crippen molar-refractivity contribution in [3.8, 4) is 0 Å². The van der Waals surface area contributed by atoms with Gasteiger partial charge in [-0.15, -0.1) is 0 Å². The van der Waals surface area contributed by atoms with Gasteiger partial charge in [-0.1, -0.05) is 11.6 Å². The molecule has 0 aromatic rings. The third-order valence-electron chi connectivity index (χ3n) is 4.00. The van der Waals surface area contributed by atoms with Crippen LogP contribution in [0.2, 0.25) is 0 Å². The molecule has 2 amide bonds. The largest absolute Gasteiger partial charge is 0.350 e. The summed E-state index contributed by atoms with van der Waals surface area (Å²) in [6, 6.07) is -0.261. The summed E-state index contributed by atoms with van der Waals surface area (Å²) in [7, 11) is 0. The zero-order valence-electron chi connectivity index (χ0n) is 14.6. The third-order valence-corrected chi connectivity index (χ3v) is 4.47. The lowest BCUT2D eigenvalue weighted by atomic mass is 9.98. The Hall–Kier alpha value is -2.03. The molecule has 2 heterocycles. The summed E-state index contributed by atoms with van der Waals surface area (Å²) in [5, 5.41) is 12.3. The van der Waals surface area contributed by atoms with Crippen molar-refractivity contribution in [2.24, 2.45) is 4.99 Å². The van der Waals surface area contributed by atoms with E-state index in [1.165, 1.54) is 0 Å². The first-order valence-electron chi connectivity index (χ1n) is 8.37. The van der Waals surface area contributed by atoms with Crippen LogP contribution in [-0.2, 0) is 19.1 Å². The SMILES string of the molecule is C/C(C=N)=C(\Cl)C(=O)NCC(=O)NC(CC1OCCO1)C1=CC=NCC1. The fourth-order valence-electron chi connectivity index (χ4n) is 2.56. The van der Waals surface area contributed by atoms with Gasteiger partial charge in [0.05, 0.1) is 25.8 Å². The van der Waals surface area contributed by atoms with Crippen LogP contribution in [0.15, 0.2) is 27.2 Å². The Balaban J connectivity index is 1.92. The molecule has 9 heteroatoms. The first-order chi connectivity index (χ1) is 12.5. The number of hydrogen-bond donors (Lipinski definition) is 3. The fourth-order valence-corrected chi connectivity index (χ4v) is 2.68. The molecule has 0 aromatic heterocycles. The second kappa shape index (κ2) is 10.2. The molecule has 1 atom stereocenters. The summed E-state index contributed by atoms with van der Waals surface area (Å²) in [6.07, 6.45) is 5.47. The summed E-state index contributed by atoms with van der Waals surface area (Å²) < 4.78 is 11.0. The van der Waals surface area contributed by atoms with Gasteiger partial charge in [-0.3, -0.25) is 14.6 Å². The number of hydrogen-bond acceptors (Lipinski definition) is 6. The predicted molar refractivity (Wildman–Crippen MR) is 98.6 cm³/mol. The molecule has 3 N–H and O–H groups in total. The maximum absolute atomic E-state index is 12.3. The number of carbonyl (C=O) groups is 2. The molecule has 1 fully saturated rings. The van der Waals surface area contributed by atoms with Crippen molar-refractivity contribution in [2.45, 2.75) is 32.1 Å². The van der Waals surface area contributed by atoms with E-state index in [4.69, 9.17) is 26.5 Å². The van der Waals surface area contributed by atoms with E-state index in [9.17, 15) is 9.59 Å². The molecule has 26 heavy (non-hydrogen) atoms. The molecule has 0 saturated carbocycles. The van der Waals surface area contributed by atoms with Crippen molar-refractivity contribution in [3.63, 3.8) is 0 Å². The van der Waals surface area contributed by atoms with Crippen LogP contribution >= 0.6 is 11.6 Å². The second-order valence-corrected chi connectivity index (χ2v) is 6.28. The Morgan fingerprint density at radius 1 is 1.46 bits per heavy atom. The van der Waals surface area contributed by atoms with Crippen molar-refractivity contribution in [2.75, 3.05) is 26.3 Å². The van der Waals surface area contributed by atoms with E-state index in [0.717, 1.165) is 18.2 Å². The van der Waals surface area contributed by atoms with Crippen LogP contribution < -0.4 is 10.6 Å². The van der Waals surface area contributed by atoms with E-state index in [-0.39, 0.29) is 29.8 Å². The Labute approximate surface area is 157 Å². The van der Waals surface area contributed by atoms with E-state index in [0.29, 0.717) is 31.8 Å². The average Bonchev–Trinajstić information content (AvgIpc) is 3.18. The Morgan fingerprint density at radius 2 is 2.19 bits per heavy atom. The highest BCUT2D eigenvalue weighted by atomic mass is 35.5. The lowest BCUT2D eigenvalue weighted by molar-refractivity contribution is -0.125. The lowest BCUT2D eigenvalue weighted by Gasteiger charge is -2.25. The van der Waals surface area contributed by atoms with Crippen LogP contribution in [0.4, 0.5) is 0 Å². The molecule has 1 unspecified atom stereocenters. The zero-order chi connectivity index (χ0) is 18.9. The molecule has 0 bridgehead atoms. The zero-order valence-corrected chi connectivity index (χ0v) is 15.3. The molecule has 1 saturated heterocycles. The number of ether oxygens (including phenoxy) is 2. The van der Waals surface area contributed by atoms with Gasteiger partial charge in [0.15, 0.2) is 6.29 Å². The topological polar surface area (TPSA) is 113 Å². The third kappa shape index (κ3) is 6.05. The van der Waals surface area contributed by atoms with Crippen LogP contribution in [-0.4, -0.2) is 62.9 Å². The summed E-state index contributed by atoms with van der Waals surface area (Å²) in [5.41, 5.74) is 1.36. The normalized spacial score (nSPS) is 19.4. The summed E-state index contributed by atoms with van der Waals surface area (Å²) in [4.78, 5) is 28.3. The van der Waals surface area contributed by atoms with Crippen molar-refractivity contribution in [1.29, 1.82) is 5.41 Å². The van der Waals surface area contributed by atoms with E-state index < -0.39 is 5.91 Å². The number of halogens is 1. The maximum atomic E-state index is 12.3. The van der Waals surface area contributed by atoms with Gasteiger partial charge in [-0.05, 0) is 30.6 Å². The van der Waals surface area contributed by atoms with Crippen molar-refractivity contribution in [1.82, 2.24) is 10.6 Å². The number of nitrogens with one attached hydrogen (secondary N) is 3. The van der Waals surface area contributed by atoms with Crippen molar-refractivity contribution in [3.05, 3.63) is 22.3 Å². The quantitative estimate of drug-likeness (QED) is 0.427. The van der Waals surface area contributed by atoms with Gasteiger partial charge in [0.25, 0.3) is 5.91 Å². The smallest absolute Gasteiger partial charge is 0.263 e. The predicted octanol–water partition coefficient (Wildman–Crippen LogP) is 0.914. The van der Waals surface area contributed by atoms with Gasteiger partial charge >= 0.3 is 0 Å². The molecule has 2 rings (SSSR count). The summed E-state index contributed by atoms with van der Waals surface area (Å²) in [6.45, 7) is 3.08. The molecule has 0 aliphatic carbocycles. The van der Waals surface area contributed by atoms with Gasteiger partial charge in [0.1, 0.15) is 5.03 Å². The Kier molecular flexibility index (Phi) is 7.96. The maximum Gasteiger partial charge on any atom is 0.263 e. The first-order valence-corrected chi connectivity index (χ1v) is 8.75. The van der Waals surface area contributed by atoms with Crippen LogP contribution in [0.3, 0.4) is 0 Å². The van der Waals surface area contributed by atoms with Crippen LogP contribution in [0.25, 0.3) is 0 Å². The molecule has 8 nitrogen and oxygen atoms in total. The number of dihydropyridines is 1. The molecular weight excluding hydrogens is 360 g/mol. The number of aliphatic imine (C=N–C) groups is 1. The van der Waals surface area contributed by atoms with E-state index in [2.05, 4.69) is 15.6 Å². The molecular formula is C17H23ClN4O4. The van der Waals surface area contributed by atoms with Crippen LogP contribution in [0.1, 0.15) is 19.8 Å². The highest BCUT2D eigenvalue weighted by Crippen LogP contribution is 2.19. The van der Waals surface area contributed by atoms with Crippen molar-refractivity contribution >= 4 is 35.8 Å². The number of nitrogens with zero attached hydrogens (tertiary/aromatic N) is 1. The Bertz CT molecular complexity index is 639. The van der Waals surface area contributed by atoms with Gasteiger partial charge < -0.3 is 25.5 Å². The number of allylic oxidation sites excluding steroid dienone is 2. The molecule has 2 aliphatic rings. The van der Waals surface area contributed by atoms with Gasteiger partial charge in [-0.25, -0.2) is 0 Å². The Morgan fingerprint density at radius 3 is 2.81 bits per heavy atom. The monoisotopic (exact) mass is 382 g/mol. The molecule has 0 aromatic carbocycles. The summed E-state index contributed by atoms with van der Waals surface area (Å²) >= 11 is 5.83. The second-order valence-electron chi connectivity index (χ2n) is 5.90. The standard InChI is InChI=1S/C17H23ClN4O4/c1-11(9-19)16(18)17(24)21-10-14(23)22-13(8-15-25-6-7-26-15)12-2-4-20-5-3-12/h2,4,9,13,15,19H,3,5-8,10H2,1H3,(H,21,24)(H,22,23)/b16-11+,19-9?. The number of carbonyl (C=O) groups excluding carboxylic acids is 2. The minimum absolute atomic E-state index is 0.108. The minimum atomic E-state index is -0.592. The lowest BCUT2D eigenvalue weighted by Crippen LogP contribution is -2.44. The average molecular weight is 383 g/mol. The fraction of sp³-hybridized carbons (Fsp3) is 0.529. The van der Waals surface area contributed by atoms with E-state index in [1.54, 1.807) is 13.1 Å². The molecule has 0 spiro atoms. The molecule has 0 radical (unpaired) electrons. The number of amides is 2. The van der Waals surface area contributed by atoms with Crippen LogP contribution in [0.5, 0.6) is 0 Å². The minimum Gasteiger partial charge on any atom is -0.350 e. The van der Waals surface area contributed by atoms with Crippen LogP contribution in [0, 0.1) is 5.41 Å². The number of rotatable bonds is 8. The van der Waals surface area contributed by atoms with E-state index in [1.807, 2.05) is 6.08 Å². The van der Waals surface area contributed by atoms with Gasteiger partial charge in [0.2, 0.25) is 5.91 Å². The molecule has 142 valence electrons. The van der Waals surface area contributed by atoms with Crippen molar-refractivity contribution < 1.29 is 19.1 Å². The van der Waals surface area contributed by atoms with Gasteiger partial charge in [0, 0.05) is 25.4 Å². The first kappa shape index (κ1) is 20.3. The highest BCUT2D eigenvalue weighted by molar-refractivity contribution is 6.43.